The van der Waals surface area contributed by atoms with Gasteiger partial charge in [-0.25, -0.2) is 4.79 Å². The summed E-state index contributed by atoms with van der Waals surface area (Å²) in [4.78, 5) is 23.4. The zero-order chi connectivity index (χ0) is 15.3. The van der Waals surface area contributed by atoms with Crippen molar-refractivity contribution in [2.75, 3.05) is 0 Å². The number of rotatable bonds is 4. The van der Waals surface area contributed by atoms with Crippen molar-refractivity contribution < 1.29 is 14.3 Å². The predicted molar refractivity (Wildman–Crippen MR) is 78.4 cm³/mol. The number of amides is 1. The third-order valence-corrected chi connectivity index (χ3v) is 2.59. The van der Waals surface area contributed by atoms with Gasteiger partial charge in [-0.3, -0.25) is 4.79 Å². The van der Waals surface area contributed by atoms with Crippen molar-refractivity contribution in [3.8, 4) is 0 Å². The Kier molecular flexibility index (Phi) is 5.08. The maximum atomic E-state index is 11.9. The highest BCUT2D eigenvalue weighted by Gasteiger charge is 2.23. The van der Waals surface area contributed by atoms with Gasteiger partial charge in [0.1, 0.15) is 5.60 Å². The normalized spacial score (nSPS) is 12.4. The molecule has 1 N–H and O–H groups in total. The largest absolute Gasteiger partial charge is 0.444 e. The van der Waals surface area contributed by atoms with Crippen molar-refractivity contribution in [2.24, 2.45) is 0 Å². The topological polar surface area (TPSA) is 55.4 Å². The van der Waals surface area contributed by atoms with Gasteiger partial charge in [0.2, 0.25) is 0 Å². The maximum absolute atomic E-state index is 11.9. The summed E-state index contributed by atoms with van der Waals surface area (Å²) in [6, 6.07) is 8.62. The van der Waals surface area contributed by atoms with E-state index in [4.69, 9.17) is 4.74 Å². The van der Waals surface area contributed by atoms with Gasteiger partial charge in [-0.15, -0.1) is 0 Å². The van der Waals surface area contributed by atoms with Crippen LogP contribution >= 0.6 is 0 Å². The quantitative estimate of drug-likeness (QED) is 0.857. The molecule has 1 aromatic rings. The second-order valence-electron chi connectivity index (χ2n) is 5.57. The fraction of sp³-hybridized carbons (Fsp3) is 0.375. The molecule has 0 saturated carbocycles. The molecule has 1 atom stereocenters. The molecule has 0 radical (unpaired) electrons. The lowest BCUT2D eigenvalue weighted by atomic mass is 9.97. The number of carbonyl (C=O) groups is 2. The Labute approximate surface area is 119 Å². The highest BCUT2D eigenvalue weighted by molar-refractivity contribution is 5.94. The van der Waals surface area contributed by atoms with Crippen LogP contribution in [0.3, 0.4) is 0 Å². The minimum absolute atomic E-state index is 0.171. The van der Waals surface area contributed by atoms with Crippen LogP contribution < -0.4 is 5.32 Å². The first-order valence-electron chi connectivity index (χ1n) is 6.45. The molecule has 1 amide bonds. The lowest BCUT2D eigenvalue weighted by Crippen LogP contribution is -2.36. The molecular formula is C16H21NO3. The van der Waals surface area contributed by atoms with Crippen molar-refractivity contribution in [3.05, 3.63) is 48.0 Å². The molecule has 0 fully saturated rings. The van der Waals surface area contributed by atoms with E-state index in [9.17, 15) is 9.59 Å². The molecule has 0 aliphatic rings. The monoisotopic (exact) mass is 275 g/mol. The Bertz CT molecular complexity index is 500. The Balaban J connectivity index is 2.93. The number of carbonyl (C=O) groups excluding carboxylic acids is 2. The van der Waals surface area contributed by atoms with Crippen molar-refractivity contribution in [1.29, 1.82) is 0 Å². The van der Waals surface area contributed by atoms with Crippen LogP contribution in [0.15, 0.2) is 42.5 Å². The molecule has 108 valence electrons. The van der Waals surface area contributed by atoms with E-state index in [1.54, 1.807) is 20.8 Å². The van der Waals surface area contributed by atoms with E-state index in [0.717, 1.165) is 5.56 Å². The van der Waals surface area contributed by atoms with E-state index in [1.165, 1.54) is 6.92 Å². The summed E-state index contributed by atoms with van der Waals surface area (Å²) in [6.07, 6.45) is -0.575. The zero-order valence-corrected chi connectivity index (χ0v) is 12.4. The number of alkyl carbamates (subject to hydrolysis) is 1. The van der Waals surface area contributed by atoms with Gasteiger partial charge in [0.25, 0.3) is 0 Å². The van der Waals surface area contributed by atoms with Gasteiger partial charge in [-0.05, 0) is 33.3 Å². The highest BCUT2D eigenvalue weighted by Crippen LogP contribution is 2.21. The standard InChI is InChI=1S/C16H21NO3/c1-11(12(2)18)14(13-9-7-6-8-10-13)17-15(19)20-16(3,4)5/h6-10,14H,1H2,2-5H3,(H,17,19)/t14-/m0/s1. The minimum atomic E-state index is -0.594. The lowest BCUT2D eigenvalue weighted by molar-refractivity contribution is -0.113. The average Bonchev–Trinajstić information content (AvgIpc) is 2.34. The Morgan fingerprint density at radius 1 is 1.20 bits per heavy atom. The first-order valence-corrected chi connectivity index (χ1v) is 6.45. The molecule has 0 saturated heterocycles. The zero-order valence-electron chi connectivity index (χ0n) is 12.4. The van der Waals surface area contributed by atoms with Gasteiger partial charge in [0.05, 0.1) is 6.04 Å². The van der Waals surface area contributed by atoms with Crippen molar-refractivity contribution >= 4 is 11.9 Å². The summed E-state index contributed by atoms with van der Waals surface area (Å²) >= 11 is 0. The van der Waals surface area contributed by atoms with Crippen molar-refractivity contribution in [3.63, 3.8) is 0 Å². The first kappa shape index (κ1) is 16.0. The van der Waals surface area contributed by atoms with Gasteiger partial charge >= 0.3 is 6.09 Å². The number of nitrogens with one attached hydrogen (secondary N) is 1. The first-order chi connectivity index (χ1) is 9.20. The fourth-order valence-electron chi connectivity index (χ4n) is 1.65. The summed E-state index contributed by atoms with van der Waals surface area (Å²) in [5.74, 6) is -0.171. The summed E-state index contributed by atoms with van der Waals surface area (Å²) in [7, 11) is 0. The Morgan fingerprint density at radius 2 is 1.75 bits per heavy atom. The van der Waals surface area contributed by atoms with E-state index < -0.39 is 17.7 Å². The highest BCUT2D eigenvalue weighted by atomic mass is 16.6. The number of hydrogen-bond acceptors (Lipinski definition) is 3. The molecule has 4 nitrogen and oxygen atoms in total. The lowest BCUT2D eigenvalue weighted by Gasteiger charge is -2.24. The van der Waals surface area contributed by atoms with Crippen LogP contribution in [0, 0.1) is 0 Å². The number of hydrogen-bond donors (Lipinski definition) is 1. The molecule has 1 rings (SSSR count). The van der Waals surface area contributed by atoms with Gasteiger partial charge < -0.3 is 10.1 Å². The van der Waals surface area contributed by atoms with Gasteiger partial charge in [0.15, 0.2) is 5.78 Å². The average molecular weight is 275 g/mol. The summed E-state index contributed by atoms with van der Waals surface area (Å²) in [5, 5.41) is 2.69. The van der Waals surface area contributed by atoms with Crippen LogP contribution in [0.5, 0.6) is 0 Å². The van der Waals surface area contributed by atoms with E-state index in [2.05, 4.69) is 11.9 Å². The predicted octanol–water partition coefficient (Wildman–Crippen LogP) is 3.40. The van der Waals surface area contributed by atoms with E-state index in [1.807, 2.05) is 30.3 Å². The minimum Gasteiger partial charge on any atom is -0.444 e. The number of benzene rings is 1. The van der Waals surface area contributed by atoms with Crippen LogP contribution in [0.1, 0.15) is 39.3 Å². The van der Waals surface area contributed by atoms with E-state index in [0.29, 0.717) is 5.57 Å². The second kappa shape index (κ2) is 6.37. The van der Waals surface area contributed by atoms with Crippen LogP contribution in [-0.2, 0) is 9.53 Å². The van der Waals surface area contributed by atoms with Crippen LogP contribution in [0.4, 0.5) is 4.79 Å². The van der Waals surface area contributed by atoms with Gasteiger partial charge in [-0.2, -0.15) is 0 Å². The molecule has 0 unspecified atom stereocenters. The molecular weight excluding hydrogens is 254 g/mol. The van der Waals surface area contributed by atoms with Crippen LogP contribution in [0.25, 0.3) is 0 Å². The SMILES string of the molecule is C=C(C(C)=O)[C@H](NC(=O)OC(C)(C)C)c1ccccc1. The fourth-order valence-corrected chi connectivity index (χ4v) is 1.65. The van der Waals surface area contributed by atoms with Gasteiger partial charge in [0, 0.05) is 5.57 Å². The van der Waals surface area contributed by atoms with Gasteiger partial charge in [-0.1, -0.05) is 36.9 Å². The molecule has 20 heavy (non-hydrogen) atoms. The second-order valence-corrected chi connectivity index (χ2v) is 5.57. The molecule has 0 aliphatic heterocycles. The molecule has 0 spiro atoms. The van der Waals surface area contributed by atoms with Crippen LogP contribution in [-0.4, -0.2) is 17.5 Å². The summed E-state index contributed by atoms with van der Waals surface area (Å²) in [6.45, 7) is 10.5. The molecule has 1 aromatic carbocycles. The van der Waals surface area contributed by atoms with Crippen LogP contribution in [0.2, 0.25) is 0 Å². The summed E-state index contributed by atoms with van der Waals surface area (Å²) < 4.78 is 5.22. The third kappa shape index (κ3) is 4.88. The third-order valence-electron chi connectivity index (χ3n) is 2.59. The Morgan fingerprint density at radius 3 is 2.20 bits per heavy atom. The molecule has 0 aliphatic carbocycles. The smallest absolute Gasteiger partial charge is 0.408 e. The number of ketones is 1. The molecule has 0 heterocycles. The number of Topliss-reactive ketones (excluding diaryl/α,β-unsaturated/α-hetero) is 1. The van der Waals surface area contributed by atoms with E-state index >= 15 is 0 Å². The maximum Gasteiger partial charge on any atom is 0.408 e. The molecule has 0 aromatic heterocycles. The molecule has 4 heteroatoms. The summed E-state index contributed by atoms with van der Waals surface area (Å²) in [5.41, 5.74) is 0.517. The Hall–Kier alpha value is -2.10. The van der Waals surface area contributed by atoms with E-state index in [-0.39, 0.29) is 5.78 Å². The van der Waals surface area contributed by atoms with Crippen molar-refractivity contribution in [1.82, 2.24) is 5.32 Å². The number of ether oxygens (including phenoxy) is 1. The van der Waals surface area contributed by atoms with Crippen molar-refractivity contribution in [2.45, 2.75) is 39.3 Å². The molecule has 0 bridgehead atoms.